The number of thioether (sulfide) groups is 1. The van der Waals surface area contributed by atoms with E-state index in [1.807, 2.05) is 13.8 Å². The van der Waals surface area contributed by atoms with E-state index < -0.39 is 5.60 Å². The summed E-state index contributed by atoms with van der Waals surface area (Å²) in [7, 11) is 0. The summed E-state index contributed by atoms with van der Waals surface area (Å²) in [6.45, 7) is 3.86. The van der Waals surface area contributed by atoms with Crippen LogP contribution in [0.1, 0.15) is 26.7 Å². The molecular weight excluding hydrogens is 226 g/mol. The number of hydrogen-bond acceptors (Lipinski definition) is 5. The number of aliphatic hydroxyl groups is 1. The molecule has 0 radical (unpaired) electrons. The number of nitrogen functional groups attached to an aromatic ring is 1. The largest absolute Gasteiger partial charge is 0.389 e. The average Bonchev–Trinajstić information content (AvgIpc) is 2.25. The van der Waals surface area contributed by atoms with Crippen molar-refractivity contribution >= 4 is 17.6 Å². The molecule has 0 aliphatic rings. The molecule has 0 saturated carbocycles. The predicted molar refractivity (Wildman–Crippen MR) is 65.5 cm³/mol. The second kappa shape index (κ2) is 5.36. The highest BCUT2D eigenvalue weighted by Crippen LogP contribution is 2.24. The number of aromatic nitrogens is 2. The predicted octanol–water partition coefficient (Wildman–Crippen LogP) is 0.995. The molecule has 6 heteroatoms. The van der Waals surface area contributed by atoms with Gasteiger partial charge in [0.05, 0.1) is 5.60 Å². The summed E-state index contributed by atoms with van der Waals surface area (Å²) in [5, 5.41) is 10.5. The van der Waals surface area contributed by atoms with Gasteiger partial charge in [0.15, 0.2) is 5.16 Å². The van der Waals surface area contributed by atoms with Gasteiger partial charge in [0.1, 0.15) is 5.82 Å². The first kappa shape index (κ1) is 13.1. The van der Waals surface area contributed by atoms with Crippen LogP contribution in [0, 0.1) is 0 Å². The molecule has 0 aliphatic carbocycles. The molecule has 1 aromatic heterocycles. The Morgan fingerprint density at radius 3 is 2.69 bits per heavy atom. The van der Waals surface area contributed by atoms with Gasteiger partial charge in [-0.05, 0) is 12.8 Å². The third kappa shape index (κ3) is 3.53. The highest BCUT2D eigenvalue weighted by Gasteiger charge is 2.22. The second-order valence-corrected chi connectivity index (χ2v) is 4.66. The maximum Gasteiger partial charge on any atom is 0.253 e. The minimum absolute atomic E-state index is 0.197. The molecule has 0 aliphatic heterocycles. The fourth-order valence-electron chi connectivity index (χ4n) is 1.18. The van der Waals surface area contributed by atoms with Gasteiger partial charge in [-0.25, -0.2) is 4.98 Å². The Labute approximate surface area is 98.5 Å². The van der Waals surface area contributed by atoms with Crippen LogP contribution in [-0.4, -0.2) is 26.4 Å². The molecule has 0 fully saturated rings. The SMILES string of the molecule is CCC(O)(CC)CSc1nc(N)cc(=O)[nH]1. The first-order valence-electron chi connectivity index (χ1n) is 5.21. The van der Waals surface area contributed by atoms with E-state index >= 15 is 0 Å². The van der Waals surface area contributed by atoms with Crippen molar-refractivity contribution < 1.29 is 5.11 Å². The van der Waals surface area contributed by atoms with E-state index in [0.29, 0.717) is 23.8 Å². The Bertz CT molecular complexity index is 401. The van der Waals surface area contributed by atoms with Crippen LogP contribution in [0.3, 0.4) is 0 Å². The number of rotatable bonds is 5. The van der Waals surface area contributed by atoms with Crippen LogP contribution in [0.25, 0.3) is 0 Å². The van der Waals surface area contributed by atoms with Crippen LogP contribution in [-0.2, 0) is 0 Å². The van der Waals surface area contributed by atoms with Gasteiger partial charge in [-0.15, -0.1) is 0 Å². The molecule has 5 nitrogen and oxygen atoms in total. The highest BCUT2D eigenvalue weighted by atomic mass is 32.2. The maximum absolute atomic E-state index is 11.1. The van der Waals surface area contributed by atoms with Gasteiger partial charge in [0.25, 0.3) is 5.56 Å². The normalized spacial score (nSPS) is 11.7. The number of nitrogens with one attached hydrogen (secondary N) is 1. The first-order valence-corrected chi connectivity index (χ1v) is 6.19. The number of aromatic amines is 1. The summed E-state index contributed by atoms with van der Waals surface area (Å²) in [6, 6.07) is 1.23. The van der Waals surface area contributed by atoms with Crippen molar-refractivity contribution in [2.45, 2.75) is 37.4 Å². The summed E-state index contributed by atoms with van der Waals surface area (Å²) in [6.07, 6.45) is 1.34. The summed E-state index contributed by atoms with van der Waals surface area (Å²) >= 11 is 1.31. The minimum Gasteiger partial charge on any atom is -0.389 e. The topological polar surface area (TPSA) is 92.0 Å². The molecule has 4 N–H and O–H groups in total. The molecule has 16 heavy (non-hydrogen) atoms. The van der Waals surface area contributed by atoms with Crippen molar-refractivity contribution in [1.82, 2.24) is 9.97 Å². The zero-order valence-electron chi connectivity index (χ0n) is 9.49. The molecule has 0 unspecified atom stereocenters. The Balaban J connectivity index is 2.71. The first-order chi connectivity index (χ1) is 7.49. The minimum atomic E-state index is -0.714. The lowest BCUT2D eigenvalue weighted by molar-refractivity contribution is 0.0571. The molecule has 1 rings (SSSR count). The lowest BCUT2D eigenvalue weighted by Gasteiger charge is -2.24. The van der Waals surface area contributed by atoms with Crippen LogP contribution in [0.2, 0.25) is 0 Å². The molecule has 0 saturated heterocycles. The van der Waals surface area contributed by atoms with Gasteiger partial charge in [-0.3, -0.25) is 4.79 Å². The monoisotopic (exact) mass is 243 g/mol. The number of nitrogens with two attached hydrogens (primary N) is 1. The highest BCUT2D eigenvalue weighted by molar-refractivity contribution is 7.99. The van der Waals surface area contributed by atoms with E-state index in [1.54, 1.807) is 0 Å². The third-order valence-electron chi connectivity index (χ3n) is 2.53. The molecule has 90 valence electrons. The van der Waals surface area contributed by atoms with Gasteiger partial charge in [0.2, 0.25) is 0 Å². The molecule has 1 heterocycles. The van der Waals surface area contributed by atoms with Gasteiger partial charge in [-0.1, -0.05) is 25.6 Å². The van der Waals surface area contributed by atoms with Crippen molar-refractivity contribution in [1.29, 1.82) is 0 Å². The van der Waals surface area contributed by atoms with E-state index in [1.165, 1.54) is 17.8 Å². The van der Waals surface area contributed by atoms with Crippen LogP contribution in [0.4, 0.5) is 5.82 Å². The summed E-state index contributed by atoms with van der Waals surface area (Å²) in [5.74, 6) is 0.689. The third-order valence-corrected chi connectivity index (χ3v) is 3.68. The van der Waals surface area contributed by atoms with Crippen molar-refractivity contribution in [2.75, 3.05) is 11.5 Å². The lowest BCUT2D eigenvalue weighted by atomic mass is 10.0. The van der Waals surface area contributed by atoms with Crippen molar-refractivity contribution in [3.63, 3.8) is 0 Å². The average molecular weight is 243 g/mol. The van der Waals surface area contributed by atoms with E-state index in [-0.39, 0.29) is 11.4 Å². The van der Waals surface area contributed by atoms with Crippen LogP contribution in [0.15, 0.2) is 16.0 Å². The quantitative estimate of drug-likeness (QED) is 0.530. The standard InChI is InChI=1S/C10H17N3O2S/c1-3-10(15,4-2)6-16-9-12-7(11)5-8(14)13-9/h5,15H,3-4,6H2,1-2H3,(H3,11,12,13,14). The summed E-state index contributed by atoms with van der Waals surface area (Å²) in [4.78, 5) is 17.7. The van der Waals surface area contributed by atoms with Crippen LogP contribution in [0.5, 0.6) is 0 Å². The zero-order valence-corrected chi connectivity index (χ0v) is 10.3. The number of anilines is 1. The van der Waals surface area contributed by atoms with E-state index in [2.05, 4.69) is 9.97 Å². The number of hydrogen-bond donors (Lipinski definition) is 3. The Hall–Kier alpha value is -1.01. The molecule has 1 aromatic rings. The Morgan fingerprint density at radius 2 is 2.19 bits per heavy atom. The number of nitrogens with zero attached hydrogens (tertiary/aromatic N) is 1. The van der Waals surface area contributed by atoms with E-state index in [9.17, 15) is 9.90 Å². The molecular formula is C10H17N3O2S. The van der Waals surface area contributed by atoms with Crippen molar-refractivity contribution in [3.05, 3.63) is 16.4 Å². The van der Waals surface area contributed by atoms with E-state index in [0.717, 1.165) is 0 Å². The van der Waals surface area contributed by atoms with Gasteiger partial charge in [-0.2, -0.15) is 0 Å². The fraction of sp³-hybridized carbons (Fsp3) is 0.600. The lowest BCUT2D eigenvalue weighted by Crippen LogP contribution is -2.29. The van der Waals surface area contributed by atoms with Crippen LogP contribution < -0.4 is 11.3 Å². The fourth-order valence-corrected chi connectivity index (χ4v) is 2.33. The molecule has 0 atom stereocenters. The maximum atomic E-state index is 11.1. The molecule has 0 bridgehead atoms. The zero-order chi connectivity index (χ0) is 12.2. The molecule has 0 spiro atoms. The van der Waals surface area contributed by atoms with Gasteiger partial charge in [0, 0.05) is 11.8 Å². The van der Waals surface area contributed by atoms with Gasteiger partial charge < -0.3 is 15.8 Å². The van der Waals surface area contributed by atoms with Crippen molar-refractivity contribution in [2.24, 2.45) is 0 Å². The molecule has 0 aromatic carbocycles. The molecule has 0 amide bonds. The van der Waals surface area contributed by atoms with Crippen molar-refractivity contribution in [3.8, 4) is 0 Å². The van der Waals surface area contributed by atoms with Gasteiger partial charge >= 0.3 is 0 Å². The number of H-pyrrole nitrogens is 1. The summed E-state index contributed by atoms with van der Waals surface area (Å²) < 4.78 is 0. The van der Waals surface area contributed by atoms with E-state index in [4.69, 9.17) is 5.73 Å². The second-order valence-electron chi connectivity index (χ2n) is 3.70. The smallest absolute Gasteiger partial charge is 0.253 e. The Morgan fingerprint density at radius 1 is 1.56 bits per heavy atom. The van der Waals surface area contributed by atoms with Crippen LogP contribution >= 0.6 is 11.8 Å². The Kier molecular flexibility index (Phi) is 4.37. The summed E-state index contributed by atoms with van der Waals surface area (Å²) in [5.41, 5.74) is 4.47.